The first kappa shape index (κ1) is 17.9. The van der Waals surface area contributed by atoms with Gasteiger partial charge in [0.15, 0.2) is 17.4 Å². The van der Waals surface area contributed by atoms with E-state index in [1.54, 1.807) is 10.9 Å². The Hall–Kier alpha value is -2.54. The van der Waals surface area contributed by atoms with Crippen molar-refractivity contribution in [3.05, 3.63) is 64.0 Å². The van der Waals surface area contributed by atoms with Gasteiger partial charge in [-0.25, -0.2) is 13.5 Å². The van der Waals surface area contributed by atoms with Crippen molar-refractivity contribution >= 4 is 17.6 Å². The maximum absolute atomic E-state index is 13.5. The van der Waals surface area contributed by atoms with E-state index in [-0.39, 0.29) is 0 Å². The van der Waals surface area contributed by atoms with Crippen molar-refractivity contribution in [2.75, 3.05) is 0 Å². The largest absolute Gasteiger partial charge is 0.463 e. The third kappa shape index (κ3) is 4.08. The third-order valence-corrected chi connectivity index (χ3v) is 5.42. The molecule has 1 saturated carbocycles. The van der Waals surface area contributed by atoms with Crippen LogP contribution in [0.15, 0.2) is 56.5 Å². The van der Waals surface area contributed by atoms with Gasteiger partial charge in [-0.15, -0.1) is 11.3 Å². The van der Waals surface area contributed by atoms with Crippen molar-refractivity contribution in [3.63, 3.8) is 0 Å². The molecule has 4 rings (SSSR count). The average molecular weight is 387 g/mol. The maximum Gasteiger partial charge on any atom is 0.206 e. The van der Waals surface area contributed by atoms with Gasteiger partial charge in [0.25, 0.3) is 0 Å². The van der Waals surface area contributed by atoms with Gasteiger partial charge < -0.3 is 4.42 Å². The van der Waals surface area contributed by atoms with Crippen LogP contribution in [0.2, 0.25) is 0 Å². The molecule has 7 heteroatoms. The topological polar surface area (TPSA) is 42.8 Å². The van der Waals surface area contributed by atoms with Gasteiger partial charge in [0.1, 0.15) is 5.69 Å². The molecule has 0 radical (unpaired) electrons. The molecule has 2 heterocycles. The highest BCUT2D eigenvalue weighted by atomic mass is 32.1. The van der Waals surface area contributed by atoms with Gasteiger partial charge in [-0.05, 0) is 42.7 Å². The van der Waals surface area contributed by atoms with Crippen LogP contribution in [0, 0.1) is 11.6 Å². The molecule has 0 bridgehead atoms. The quantitative estimate of drug-likeness (QED) is 0.567. The molecule has 0 spiro atoms. The Kier molecular flexibility index (Phi) is 5.29. The van der Waals surface area contributed by atoms with Gasteiger partial charge in [-0.3, -0.25) is 4.99 Å². The predicted octanol–water partition coefficient (Wildman–Crippen LogP) is 5.20. The predicted molar refractivity (Wildman–Crippen MR) is 102 cm³/mol. The van der Waals surface area contributed by atoms with Crippen molar-refractivity contribution < 1.29 is 13.2 Å². The van der Waals surface area contributed by atoms with E-state index < -0.39 is 11.6 Å². The lowest BCUT2D eigenvalue weighted by Crippen LogP contribution is -2.18. The van der Waals surface area contributed by atoms with Crippen LogP contribution < -0.4 is 4.80 Å². The van der Waals surface area contributed by atoms with E-state index in [4.69, 9.17) is 9.41 Å². The normalized spacial score (nSPS) is 16.4. The summed E-state index contributed by atoms with van der Waals surface area (Å²) in [5.74, 6) is -1.09. The van der Waals surface area contributed by atoms with Crippen LogP contribution in [0.4, 0.5) is 8.78 Å². The van der Waals surface area contributed by atoms with Crippen molar-refractivity contribution in [1.82, 2.24) is 4.68 Å². The molecule has 3 aromatic rings. The lowest BCUT2D eigenvalue weighted by Gasteiger charge is -2.16. The van der Waals surface area contributed by atoms with Gasteiger partial charge in [0, 0.05) is 5.38 Å². The molecular formula is C20H19F2N3OS. The summed E-state index contributed by atoms with van der Waals surface area (Å²) in [6.07, 6.45) is 8.94. The summed E-state index contributed by atoms with van der Waals surface area (Å²) in [6.45, 7) is 0. The second-order valence-electron chi connectivity index (χ2n) is 6.53. The highest BCUT2D eigenvalue weighted by Crippen LogP contribution is 2.23. The zero-order valence-corrected chi connectivity index (χ0v) is 15.5. The summed E-state index contributed by atoms with van der Waals surface area (Å²) in [6, 6.07) is 7.67. The Bertz CT molecular complexity index is 999. The molecule has 1 aliphatic rings. The fraction of sp³-hybridized carbons (Fsp3) is 0.300. The standard InChI is InChI=1S/C20H19F2N3OS/c21-16-9-8-14(11-17(16)22)12-23-25-18(19-7-4-10-26-19)13-27-20(25)24-15-5-2-1-3-6-15/h4,7-13,15H,1-3,5-6H2. The van der Waals surface area contributed by atoms with E-state index in [0.717, 1.165) is 35.5 Å². The number of aromatic nitrogens is 1. The lowest BCUT2D eigenvalue weighted by molar-refractivity contribution is 0.435. The molecule has 0 atom stereocenters. The van der Waals surface area contributed by atoms with Crippen molar-refractivity contribution in [1.29, 1.82) is 0 Å². The molecule has 0 amide bonds. The average Bonchev–Trinajstić information content (AvgIpc) is 3.33. The lowest BCUT2D eigenvalue weighted by atomic mass is 9.96. The number of hydrogen-bond donors (Lipinski definition) is 0. The summed E-state index contributed by atoms with van der Waals surface area (Å²) in [5.41, 5.74) is 1.25. The molecule has 0 unspecified atom stereocenters. The minimum atomic E-state index is -0.896. The molecule has 0 N–H and O–H groups in total. The van der Waals surface area contributed by atoms with Crippen molar-refractivity contribution in [3.8, 4) is 11.5 Å². The molecule has 2 aromatic heterocycles. The minimum Gasteiger partial charge on any atom is -0.463 e. The van der Waals surface area contributed by atoms with Crippen LogP contribution in [0.25, 0.3) is 11.5 Å². The minimum absolute atomic E-state index is 0.298. The van der Waals surface area contributed by atoms with Crippen molar-refractivity contribution in [2.24, 2.45) is 10.1 Å². The van der Waals surface area contributed by atoms with Gasteiger partial charge in [-0.2, -0.15) is 5.10 Å². The Labute approximate surface area is 159 Å². The number of rotatable bonds is 4. The van der Waals surface area contributed by atoms with Crippen LogP contribution in [0.1, 0.15) is 37.7 Å². The number of halogens is 2. The Morgan fingerprint density at radius 2 is 1.96 bits per heavy atom. The van der Waals surface area contributed by atoms with E-state index in [9.17, 15) is 8.78 Å². The van der Waals surface area contributed by atoms with E-state index in [2.05, 4.69) is 5.10 Å². The molecule has 1 aromatic carbocycles. The molecule has 1 aliphatic carbocycles. The van der Waals surface area contributed by atoms with Gasteiger partial charge in [-0.1, -0.05) is 25.3 Å². The van der Waals surface area contributed by atoms with Gasteiger partial charge in [0.2, 0.25) is 4.80 Å². The van der Waals surface area contributed by atoms with Crippen LogP contribution in [0.3, 0.4) is 0 Å². The summed E-state index contributed by atoms with van der Waals surface area (Å²) < 4.78 is 33.8. The zero-order valence-electron chi connectivity index (χ0n) is 14.6. The molecule has 0 aliphatic heterocycles. The van der Waals surface area contributed by atoms with E-state index in [1.807, 2.05) is 17.5 Å². The second-order valence-corrected chi connectivity index (χ2v) is 7.37. The number of benzene rings is 1. The second kappa shape index (κ2) is 8.00. The SMILES string of the molecule is Fc1ccc(C=Nn2c(-c3ccco3)csc2=NC2CCCCC2)cc1F. The molecule has 4 nitrogen and oxygen atoms in total. The Balaban J connectivity index is 1.73. The highest BCUT2D eigenvalue weighted by molar-refractivity contribution is 7.07. The first-order valence-corrected chi connectivity index (χ1v) is 9.86. The molecule has 140 valence electrons. The van der Waals surface area contributed by atoms with Crippen LogP contribution >= 0.6 is 11.3 Å². The van der Waals surface area contributed by atoms with Crippen LogP contribution in [-0.2, 0) is 0 Å². The molecular weight excluding hydrogens is 368 g/mol. The fourth-order valence-electron chi connectivity index (χ4n) is 3.18. The molecule has 1 fully saturated rings. The highest BCUT2D eigenvalue weighted by Gasteiger charge is 2.14. The maximum atomic E-state index is 13.5. The van der Waals surface area contributed by atoms with Crippen LogP contribution in [0.5, 0.6) is 0 Å². The first-order valence-electron chi connectivity index (χ1n) is 8.98. The summed E-state index contributed by atoms with van der Waals surface area (Å²) >= 11 is 1.50. The van der Waals surface area contributed by atoms with Gasteiger partial charge >= 0.3 is 0 Å². The Morgan fingerprint density at radius 3 is 2.70 bits per heavy atom. The van der Waals surface area contributed by atoms with E-state index >= 15 is 0 Å². The summed E-state index contributed by atoms with van der Waals surface area (Å²) in [4.78, 5) is 5.65. The monoisotopic (exact) mass is 387 g/mol. The Morgan fingerprint density at radius 1 is 1.11 bits per heavy atom. The first-order chi connectivity index (χ1) is 13.2. The van der Waals surface area contributed by atoms with E-state index in [0.29, 0.717) is 17.4 Å². The van der Waals surface area contributed by atoms with E-state index in [1.165, 1.54) is 42.9 Å². The number of thiazole rings is 1. The molecule has 27 heavy (non-hydrogen) atoms. The van der Waals surface area contributed by atoms with Crippen molar-refractivity contribution in [2.45, 2.75) is 38.1 Å². The number of furan rings is 1. The smallest absolute Gasteiger partial charge is 0.206 e. The number of hydrogen-bond acceptors (Lipinski definition) is 4. The number of nitrogens with zero attached hydrogens (tertiary/aromatic N) is 3. The third-order valence-electron chi connectivity index (χ3n) is 4.59. The summed E-state index contributed by atoms with van der Waals surface area (Å²) in [5, 5.41) is 6.44. The molecule has 0 saturated heterocycles. The zero-order chi connectivity index (χ0) is 18.6. The van der Waals surface area contributed by atoms with Crippen LogP contribution in [-0.4, -0.2) is 16.9 Å². The summed E-state index contributed by atoms with van der Waals surface area (Å²) in [7, 11) is 0. The van der Waals surface area contributed by atoms with Gasteiger partial charge in [0.05, 0.1) is 18.5 Å². The fourth-order valence-corrected chi connectivity index (χ4v) is 4.07.